The number of aromatic nitrogens is 5. The monoisotopic (exact) mass is 468 g/mol. The van der Waals surface area contributed by atoms with E-state index in [0.29, 0.717) is 24.7 Å². The fourth-order valence-corrected chi connectivity index (χ4v) is 4.35. The summed E-state index contributed by atoms with van der Waals surface area (Å²) in [6, 6.07) is 15.3. The molecule has 0 unspecified atom stereocenters. The molecule has 3 aromatic heterocycles. The first kappa shape index (κ1) is 22.7. The SMILES string of the molecule is Cc1cc(Oc2ccccc2C)nc(C2CCN(C(=O)c3cccc(-c4cnn(C)c4)n3)CC2)n1. The van der Waals surface area contributed by atoms with Crippen LogP contribution in [0.1, 0.15) is 46.3 Å². The van der Waals surface area contributed by atoms with E-state index in [1.165, 1.54) is 0 Å². The second-order valence-electron chi connectivity index (χ2n) is 8.95. The molecule has 1 saturated heterocycles. The number of para-hydroxylation sites is 1. The van der Waals surface area contributed by atoms with E-state index in [9.17, 15) is 4.79 Å². The van der Waals surface area contributed by atoms with Crippen LogP contribution in [0.25, 0.3) is 11.3 Å². The van der Waals surface area contributed by atoms with Crippen LogP contribution in [0.4, 0.5) is 0 Å². The number of carbonyl (C=O) groups is 1. The maximum Gasteiger partial charge on any atom is 0.272 e. The summed E-state index contributed by atoms with van der Waals surface area (Å²) in [5.74, 6) is 2.24. The Morgan fingerprint density at radius 1 is 1.00 bits per heavy atom. The van der Waals surface area contributed by atoms with Crippen LogP contribution in [0.3, 0.4) is 0 Å². The highest BCUT2D eigenvalue weighted by Gasteiger charge is 2.27. The third kappa shape index (κ3) is 5.06. The van der Waals surface area contributed by atoms with Gasteiger partial charge in [0.05, 0.1) is 11.9 Å². The third-order valence-corrected chi connectivity index (χ3v) is 6.27. The molecule has 5 rings (SSSR count). The molecule has 8 nitrogen and oxygen atoms in total. The fourth-order valence-electron chi connectivity index (χ4n) is 4.35. The van der Waals surface area contributed by atoms with Crippen molar-refractivity contribution in [3.8, 4) is 22.9 Å². The van der Waals surface area contributed by atoms with Gasteiger partial charge in [0.2, 0.25) is 5.88 Å². The van der Waals surface area contributed by atoms with Crippen LogP contribution in [0.5, 0.6) is 11.6 Å². The van der Waals surface area contributed by atoms with Crippen LogP contribution in [0, 0.1) is 13.8 Å². The Morgan fingerprint density at radius 3 is 2.54 bits per heavy atom. The van der Waals surface area contributed by atoms with E-state index in [4.69, 9.17) is 9.72 Å². The Hall–Kier alpha value is -4.07. The van der Waals surface area contributed by atoms with Crippen molar-refractivity contribution in [2.45, 2.75) is 32.6 Å². The first-order valence-corrected chi connectivity index (χ1v) is 11.8. The predicted octanol–water partition coefficient (Wildman–Crippen LogP) is 4.70. The zero-order valence-electron chi connectivity index (χ0n) is 20.2. The predicted molar refractivity (Wildman–Crippen MR) is 132 cm³/mol. The summed E-state index contributed by atoms with van der Waals surface area (Å²) in [6.45, 7) is 5.23. The van der Waals surface area contributed by atoms with Crippen LogP contribution in [-0.2, 0) is 7.05 Å². The maximum absolute atomic E-state index is 13.2. The number of carbonyl (C=O) groups excluding carboxylic acids is 1. The molecule has 1 fully saturated rings. The van der Waals surface area contributed by atoms with Crippen molar-refractivity contribution in [3.63, 3.8) is 0 Å². The third-order valence-electron chi connectivity index (χ3n) is 6.27. The molecule has 0 spiro atoms. The average Bonchev–Trinajstić information content (AvgIpc) is 3.31. The van der Waals surface area contributed by atoms with Crippen molar-refractivity contribution in [3.05, 3.63) is 83.7 Å². The van der Waals surface area contributed by atoms with E-state index in [1.54, 1.807) is 16.9 Å². The molecule has 178 valence electrons. The Labute approximate surface area is 204 Å². The molecule has 1 aliphatic rings. The highest BCUT2D eigenvalue weighted by Crippen LogP contribution is 2.30. The van der Waals surface area contributed by atoms with Crippen molar-refractivity contribution in [1.29, 1.82) is 0 Å². The zero-order valence-corrected chi connectivity index (χ0v) is 20.2. The molecule has 0 N–H and O–H groups in total. The summed E-state index contributed by atoms with van der Waals surface area (Å²) in [5, 5.41) is 4.19. The number of amides is 1. The molecule has 1 amide bonds. The van der Waals surface area contributed by atoms with E-state index in [0.717, 1.165) is 46.9 Å². The van der Waals surface area contributed by atoms with E-state index >= 15 is 0 Å². The van der Waals surface area contributed by atoms with Gasteiger partial charge in [-0.05, 0) is 50.5 Å². The van der Waals surface area contributed by atoms with Gasteiger partial charge in [0.1, 0.15) is 17.3 Å². The molecule has 1 aromatic carbocycles. The molecule has 4 heterocycles. The number of rotatable bonds is 5. The number of hydrogen-bond acceptors (Lipinski definition) is 6. The standard InChI is InChI=1S/C27H28N6O2/c1-18-7-4-5-10-24(18)35-25-15-19(2)29-26(31-25)20-11-13-33(14-12-20)27(34)23-9-6-8-22(30-23)21-16-28-32(3)17-21/h4-10,15-17,20H,11-14H2,1-3H3. The van der Waals surface area contributed by atoms with Crippen LogP contribution in [0.15, 0.2) is 60.9 Å². The number of likely N-dealkylation sites (tertiary alicyclic amines) is 1. The van der Waals surface area contributed by atoms with Gasteiger partial charge >= 0.3 is 0 Å². The fraction of sp³-hybridized carbons (Fsp3) is 0.296. The first-order valence-electron chi connectivity index (χ1n) is 11.8. The zero-order chi connectivity index (χ0) is 24.4. The van der Waals surface area contributed by atoms with Crippen LogP contribution < -0.4 is 4.74 Å². The number of benzene rings is 1. The number of ether oxygens (including phenoxy) is 1. The molecule has 1 aliphatic heterocycles. The van der Waals surface area contributed by atoms with Gasteiger partial charge in [-0.2, -0.15) is 10.1 Å². The van der Waals surface area contributed by atoms with Gasteiger partial charge in [-0.15, -0.1) is 0 Å². The van der Waals surface area contributed by atoms with E-state index in [2.05, 4.69) is 15.1 Å². The molecule has 8 heteroatoms. The Bertz CT molecular complexity index is 1360. The van der Waals surface area contributed by atoms with E-state index in [1.807, 2.05) is 74.5 Å². The van der Waals surface area contributed by atoms with Gasteiger partial charge in [-0.3, -0.25) is 9.48 Å². The van der Waals surface area contributed by atoms with Gasteiger partial charge in [0.25, 0.3) is 5.91 Å². The van der Waals surface area contributed by atoms with E-state index < -0.39 is 0 Å². The lowest BCUT2D eigenvalue weighted by atomic mass is 9.95. The largest absolute Gasteiger partial charge is 0.439 e. The van der Waals surface area contributed by atoms with Crippen LogP contribution in [-0.4, -0.2) is 48.6 Å². The summed E-state index contributed by atoms with van der Waals surface area (Å²) in [6.07, 6.45) is 5.23. The van der Waals surface area contributed by atoms with Crippen molar-refractivity contribution in [2.75, 3.05) is 13.1 Å². The topological polar surface area (TPSA) is 86.0 Å². The van der Waals surface area contributed by atoms with Crippen molar-refractivity contribution in [1.82, 2.24) is 29.6 Å². The number of pyridine rings is 1. The molecule has 0 atom stereocenters. The van der Waals surface area contributed by atoms with Gasteiger partial charge in [0.15, 0.2) is 0 Å². The van der Waals surface area contributed by atoms with Crippen molar-refractivity contribution < 1.29 is 9.53 Å². The number of hydrogen-bond donors (Lipinski definition) is 0. The molecule has 0 bridgehead atoms. The normalized spacial score (nSPS) is 14.2. The second-order valence-corrected chi connectivity index (χ2v) is 8.95. The first-order chi connectivity index (χ1) is 17.0. The molecule has 0 saturated carbocycles. The van der Waals surface area contributed by atoms with Gasteiger partial charge in [-0.25, -0.2) is 9.97 Å². The van der Waals surface area contributed by atoms with Crippen LogP contribution >= 0.6 is 0 Å². The summed E-state index contributed by atoms with van der Waals surface area (Å²) < 4.78 is 7.78. The van der Waals surface area contributed by atoms with Gasteiger partial charge < -0.3 is 9.64 Å². The highest BCUT2D eigenvalue weighted by molar-refractivity contribution is 5.93. The molecule has 35 heavy (non-hydrogen) atoms. The summed E-state index contributed by atoms with van der Waals surface area (Å²) >= 11 is 0. The summed E-state index contributed by atoms with van der Waals surface area (Å²) in [5.41, 5.74) is 4.01. The minimum Gasteiger partial charge on any atom is -0.439 e. The Balaban J connectivity index is 1.26. The minimum atomic E-state index is -0.0528. The smallest absolute Gasteiger partial charge is 0.272 e. The second kappa shape index (κ2) is 9.66. The molecule has 0 radical (unpaired) electrons. The van der Waals surface area contributed by atoms with Crippen LogP contribution in [0.2, 0.25) is 0 Å². The highest BCUT2D eigenvalue weighted by atomic mass is 16.5. The van der Waals surface area contributed by atoms with E-state index in [-0.39, 0.29) is 11.8 Å². The lowest BCUT2D eigenvalue weighted by Crippen LogP contribution is -2.38. The molecular weight excluding hydrogens is 440 g/mol. The lowest BCUT2D eigenvalue weighted by Gasteiger charge is -2.31. The summed E-state index contributed by atoms with van der Waals surface area (Å²) in [4.78, 5) is 29.0. The minimum absolute atomic E-state index is 0.0528. The molecule has 4 aromatic rings. The van der Waals surface area contributed by atoms with Crippen molar-refractivity contribution >= 4 is 5.91 Å². The molecular formula is C27H28N6O2. The quantitative estimate of drug-likeness (QED) is 0.422. The van der Waals surface area contributed by atoms with Crippen molar-refractivity contribution in [2.24, 2.45) is 7.05 Å². The summed E-state index contributed by atoms with van der Waals surface area (Å²) in [7, 11) is 1.86. The Morgan fingerprint density at radius 2 is 1.80 bits per heavy atom. The number of aryl methyl sites for hydroxylation is 3. The van der Waals surface area contributed by atoms with Gasteiger partial charge in [-0.1, -0.05) is 24.3 Å². The Kier molecular flexibility index (Phi) is 6.27. The molecule has 0 aliphatic carbocycles. The lowest BCUT2D eigenvalue weighted by molar-refractivity contribution is 0.0705. The maximum atomic E-state index is 13.2. The number of piperidine rings is 1. The van der Waals surface area contributed by atoms with Gasteiger partial charge in [0, 0.05) is 49.6 Å². The number of nitrogens with zero attached hydrogens (tertiary/aromatic N) is 6. The average molecular weight is 469 g/mol.